The Hall–Kier alpha value is -0.350. The zero-order valence-corrected chi connectivity index (χ0v) is 12.7. The molecule has 0 saturated carbocycles. The van der Waals surface area contributed by atoms with Crippen molar-refractivity contribution >= 4 is 25.8 Å². The minimum absolute atomic E-state index is 0.157. The standard InChI is InChI=1S/C13H19BrO2S/c1-3-7-12(14)10-11-8-5-6-9-13(11)17(15,16)4-2/h5-6,8-9,12H,3-4,7,10H2,1-2H3. The average Bonchev–Trinajstić information content (AvgIpc) is 2.30. The van der Waals surface area contributed by atoms with Gasteiger partial charge in [-0.15, -0.1) is 0 Å². The molecule has 1 aromatic carbocycles. The van der Waals surface area contributed by atoms with Gasteiger partial charge in [-0.3, -0.25) is 0 Å². The Labute approximate surface area is 112 Å². The van der Waals surface area contributed by atoms with Crippen LogP contribution in [-0.2, 0) is 16.3 Å². The highest BCUT2D eigenvalue weighted by Crippen LogP contribution is 2.22. The smallest absolute Gasteiger partial charge is 0.178 e. The Morgan fingerprint density at radius 3 is 2.47 bits per heavy atom. The van der Waals surface area contributed by atoms with E-state index in [4.69, 9.17) is 0 Å². The lowest BCUT2D eigenvalue weighted by Gasteiger charge is -2.12. The van der Waals surface area contributed by atoms with Crippen LogP contribution in [0.4, 0.5) is 0 Å². The van der Waals surface area contributed by atoms with Gasteiger partial charge in [0.2, 0.25) is 0 Å². The van der Waals surface area contributed by atoms with Gasteiger partial charge in [0.25, 0.3) is 0 Å². The predicted molar refractivity (Wildman–Crippen MR) is 75.5 cm³/mol. The molecule has 0 bridgehead atoms. The summed E-state index contributed by atoms with van der Waals surface area (Å²) in [6, 6.07) is 7.30. The second-order valence-electron chi connectivity index (χ2n) is 4.10. The fourth-order valence-corrected chi connectivity index (χ4v) is 3.74. The third kappa shape index (κ3) is 4.11. The van der Waals surface area contributed by atoms with E-state index in [0.29, 0.717) is 9.72 Å². The molecule has 0 aromatic heterocycles. The van der Waals surface area contributed by atoms with E-state index in [1.54, 1.807) is 19.1 Å². The first-order chi connectivity index (χ1) is 8.01. The molecule has 0 heterocycles. The van der Waals surface area contributed by atoms with E-state index in [0.717, 1.165) is 24.8 Å². The van der Waals surface area contributed by atoms with Gasteiger partial charge in [-0.2, -0.15) is 0 Å². The van der Waals surface area contributed by atoms with E-state index in [1.165, 1.54) is 0 Å². The molecule has 0 aliphatic carbocycles. The molecular formula is C13H19BrO2S. The maximum Gasteiger partial charge on any atom is 0.178 e. The van der Waals surface area contributed by atoms with Crippen molar-refractivity contribution in [3.8, 4) is 0 Å². The minimum Gasteiger partial charge on any atom is -0.224 e. The lowest BCUT2D eigenvalue weighted by Crippen LogP contribution is -2.10. The molecule has 0 amide bonds. The zero-order valence-electron chi connectivity index (χ0n) is 10.3. The van der Waals surface area contributed by atoms with Gasteiger partial charge in [0.05, 0.1) is 10.6 Å². The fourth-order valence-electron chi connectivity index (χ4n) is 1.79. The summed E-state index contributed by atoms with van der Waals surface area (Å²) in [5.74, 6) is 0.157. The molecule has 96 valence electrons. The van der Waals surface area contributed by atoms with Gasteiger partial charge in [-0.25, -0.2) is 8.42 Å². The summed E-state index contributed by atoms with van der Waals surface area (Å²) in [4.78, 5) is 0.837. The maximum atomic E-state index is 11.9. The van der Waals surface area contributed by atoms with E-state index in [-0.39, 0.29) is 5.75 Å². The van der Waals surface area contributed by atoms with Crippen LogP contribution in [0.5, 0.6) is 0 Å². The largest absolute Gasteiger partial charge is 0.224 e. The van der Waals surface area contributed by atoms with Crippen LogP contribution >= 0.6 is 15.9 Å². The Morgan fingerprint density at radius 2 is 1.88 bits per heavy atom. The molecule has 1 rings (SSSR count). The highest BCUT2D eigenvalue weighted by atomic mass is 79.9. The van der Waals surface area contributed by atoms with Gasteiger partial charge in [0, 0.05) is 4.83 Å². The van der Waals surface area contributed by atoms with Gasteiger partial charge in [-0.05, 0) is 24.5 Å². The van der Waals surface area contributed by atoms with Crippen LogP contribution in [-0.4, -0.2) is 19.0 Å². The maximum absolute atomic E-state index is 11.9. The minimum atomic E-state index is -3.11. The van der Waals surface area contributed by atoms with Crippen LogP contribution < -0.4 is 0 Å². The first kappa shape index (κ1) is 14.7. The van der Waals surface area contributed by atoms with E-state index in [2.05, 4.69) is 22.9 Å². The van der Waals surface area contributed by atoms with E-state index in [1.807, 2.05) is 12.1 Å². The molecular weight excluding hydrogens is 300 g/mol. The van der Waals surface area contributed by atoms with Crippen molar-refractivity contribution < 1.29 is 8.42 Å². The Kier molecular flexibility index (Phi) is 5.67. The number of alkyl halides is 1. The molecule has 0 fully saturated rings. The highest BCUT2D eigenvalue weighted by molar-refractivity contribution is 9.09. The second-order valence-corrected chi connectivity index (χ2v) is 7.64. The summed E-state index contributed by atoms with van der Waals surface area (Å²) in [7, 11) is -3.11. The molecule has 0 N–H and O–H groups in total. The fraction of sp³-hybridized carbons (Fsp3) is 0.538. The number of rotatable bonds is 6. The highest BCUT2D eigenvalue weighted by Gasteiger charge is 2.17. The van der Waals surface area contributed by atoms with Crippen LogP contribution in [0.3, 0.4) is 0 Å². The summed E-state index contributed by atoms with van der Waals surface area (Å²) >= 11 is 3.60. The third-order valence-corrected chi connectivity index (χ3v) is 5.34. The number of benzene rings is 1. The monoisotopic (exact) mass is 318 g/mol. The van der Waals surface area contributed by atoms with E-state index >= 15 is 0 Å². The summed E-state index contributed by atoms with van der Waals surface area (Å²) in [6.45, 7) is 3.81. The molecule has 1 aromatic rings. The lowest BCUT2D eigenvalue weighted by atomic mass is 10.1. The quantitative estimate of drug-likeness (QED) is 0.751. The van der Waals surface area contributed by atoms with Gasteiger partial charge >= 0.3 is 0 Å². The summed E-state index contributed by atoms with van der Waals surface area (Å²) < 4.78 is 23.9. The van der Waals surface area contributed by atoms with Crippen LogP contribution in [0.25, 0.3) is 0 Å². The molecule has 17 heavy (non-hydrogen) atoms. The number of hydrogen-bond acceptors (Lipinski definition) is 2. The molecule has 0 aliphatic rings. The van der Waals surface area contributed by atoms with Crippen LogP contribution in [0.1, 0.15) is 32.3 Å². The van der Waals surface area contributed by atoms with Crippen molar-refractivity contribution in [2.45, 2.75) is 42.8 Å². The Morgan fingerprint density at radius 1 is 1.24 bits per heavy atom. The topological polar surface area (TPSA) is 34.1 Å². The number of sulfone groups is 1. The van der Waals surface area contributed by atoms with Crippen molar-refractivity contribution in [2.75, 3.05) is 5.75 Å². The second kappa shape index (κ2) is 6.55. The molecule has 2 nitrogen and oxygen atoms in total. The first-order valence-corrected chi connectivity index (χ1v) is 8.52. The van der Waals surface area contributed by atoms with Crippen molar-refractivity contribution in [3.63, 3.8) is 0 Å². The van der Waals surface area contributed by atoms with Crippen LogP contribution in [0, 0.1) is 0 Å². The average molecular weight is 319 g/mol. The van der Waals surface area contributed by atoms with Gasteiger partial charge in [0.15, 0.2) is 9.84 Å². The van der Waals surface area contributed by atoms with Crippen LogP contribution in [0.2, 0.25) is 0 Å². The van der Waals surface area contributed by atoms with Gasteiger partial charge in [0.1, 0.15) is 0 Å². The number of hydrogen-bond donors (Lipinski definition) is 0. The van der Waals surface area contributed by atoms with Crippen molar-refractivity contribution in [2.24, 2.45) is 0 Å². The van der Waals surface area contributed by atoms with Crippen molar-refractivity contribution in [1.29, 1.82) is 0 Å². The summed E-state index contributed by atoms with van der Waals surface area (Å²) in [5, 5.41) is 0. The van der Waals surface area contributed by atoms with E-state index in [9.17, 15) is 8.42 Å². The van der Waals surface area contributed by atoms with E-state index < -0.39 is 9.84 Å². The molecule has 0 aliphatic heterocycles. The zero-order chi connectivity index (χ0) is 12.9. The normalized spacial score (nSPS) is 13.6. The van der Waals surface area contributed by atoms with Crippen LogP contribution in [0.15, 0.2) is 29.2 Å². The van der Waals surface area contributed by atoms with Crippen molar-refractivity contribution in [3.05, 3.63) is 29.8 Å². The molecule has 4 heteroatoms. The molecule has 1 unspecified atom stereocenters. The third-order valence-electron chi connectivity index (χ3n) is 2.73. The summed E-state index contributed by atoms with van der Waals surface area (Å²) in [6.07, 6.45) is 2.92. The molecule has 0 radical (unpaired) electrons. The molecule has 0 spiro atoms. The summed E-state index contributed by atoms with van der Waals surface area (Å²) in [5.41, 5.74) is 0.921. The Bertz CT molecular complexity index is 454. The van der Waals surface area contributed by atoms with Gasteiger partial charge in [-0.1, -0.05) is 54.4 Å². The Balaban J connectivity index is 3.01. The predicted octanol–water partition coefficient (Wildman–Crippen LogP) is 3.59. The number of halogens is 1. The molecule has 0 saturated heterocycles. The van der Waals surface area contributed by atoms with Crippen molar-refractivity contribution in [1.82, 2.24) is 0 Å². The van der Waals surface area contributed by atoms with Gasteiger partial charge < -0.3 is 0 Å². The SMILES string of the molecule is CCCC(Br)Cc1ccccc1S(=O)(=O)CC. The lowest BCUT2D eigenvalue weighted by molar-refractivity contribution is 0.595. The molecule has 1 atom stereocenters. The first-order valence-electron chi connectivity index (χ1n) is 5.96.